The maximum atomic E-state index is 13.9. The van der Waals surface area contributed by atoms with Crippen molar-refractivity contribution in [3.05, 3.63) is 97.3 Å². The van der Waals surface area contributed by atoms with Crippen LogP contribution in [0.1, 0.15) is 50.8 Å². The molecule has 244 valence electrons. The quantitative estimate of drug-likeness (QED) is 0.138. The Labute approximate surface area is 296 Å². The lowest BCUT2D eigenvalue weighted by molar-refractivity contribution is 0.0570. The summed E-state index contributed by atoms with van der Waals surface area (Å²) < 4.78 is 14.7. The van der Waals surface area contributed by atoms with Crippen molar-refractivity contribution in [2.24, 2.45) is 0 Å². The number of hydrazine groups is 2. The van der Waals surface area contributed by atoms with Gasteiger partial charge in [0.1, 0.15) is 17.0 Å². The molecule has 9 nitrogen and oxygen atoms in total. The van der Waals surface area contributed by atoms with E-state index in [4.69, 9.17) is 34.8 Å². The van der Waals surface area contributed by atoms with Gasteiger partial charge in [0.25, 0.3) is 0 Å². The summed E-state index contributed by atoms with van der Waals surface area (Å²) >= 11 is 23.1. The molecule has 4 N–H and O–H groups in total. The third-order valence-corrected chi connectivity index (χ3v) is 9.74. The fourth-order valence-corrected chi connectivity index (χ4v) is 6.92. The van der Waals surface area contributed by atoms with E-state index in [1.165, 1.54) is 18.3 Å². The number of nitriles is 1. The van der Waals surface area contributed by atoms with Crippen molar-refractivity contribution >= 4 is 78.7 Å². The van der Waals surface area contributed by atoms with E-state index < -0.39 is 11.9 Å². The summed E-state index contributed by atoms with van der Waals surface area (Å²) in [6.07, 6.45) is 7.18. The molecule has 0 unspecified atom stereocenters. The van der Waals surface area contributed by atoms with Gasteiger partial charge in [0.2, 0.25) is 0 Å². The van der Waals surface area contributed by atoms with E-state index in [0.717, 1.165) is 41.7 Å². The van der Waals surface area contributed by atoms with E-state index in [1.54, 1.807) is 18.3 Å². The zero-order valence-electron chi connectivity index (χ0n) is 25.8. The van der Waals surface area contributed by atoms with Crippen LogP contribution in [0.5, 0.6) is 0 Å². The standard InChI is InChI=1S/C33H32BrCl3FN9/c1-33(2,3)46-8-6-22(7-9-46)47-17-28(44-45-47)31(24-10-19(34)16-41-32(24)37)43-21-11-23-29(42-20-4-5-27(38)25(35)12-20)18(14-39)15-40-30(23)26(36)13-21/h4-5,10-13,15-17,22,31,43-45H,6-9H2,1-3H3,(H,40,42)/t31-/m0/s1. The molecule has 0 radical (unpaired) electrons. The summed E-state index contributed by atoms with van der Waals surface area (Å²) in [5, 5.41) is 20.1. The van der Waals surface area contributed by atoms with Crippen molar-refractivity contribution < 1.29 is 4.39 Å². The number of piperidine rings is 1. The van der Waals surface area contributed by atoms with Gasteiger partial charge in [-0.2, -0.15) is 5.26 Å². The van der Waals surface area contributed by atoms with E-state index in [1.807, 2.05) is 12.1 Å². The predicted octanol–water partition coefficient (Wildman–Crippen LogP) is 8.69. The van der Waals surface area contributed by atoms with Gasteiger partial charge < -0.3 is 16.1 Å². The summed E-state index contributed by atoms with van der Waals surface area (Å²) in [6, 6.07) is 11.8. The number of hydrogen-bond acceptors (Lipinski definition) is 9. The van der Waals surface area contributed by atoms with Gasteiger partial charge in [0.05, 0.1) is 38.6 Å². The van der Waals surface area contributed by atoms with Crippen LogP contribution in [0.15, 0.2) is 65.2 Å². The second-order valence-electron chi connectivity index (χ2n) is 12.5. The maximum Gasteiger partial charge on any atom is 0.141 e. The normalized spacial score (nSPS) is 16.5. The van der Waals surface area contributed by atoms with Crippen LogP contribution < -0.4 is 21.6 Å². The Morgan fingerprint density at radius 1 is 1.04 bits per heavy atom. The van der Waals surface area contributed by atoms with Crippen molar-refractivity contribution in [1.82, 2.24) is 30.8 Å². The number of anilines is 3. The minimum Gasteiger partial charge on any atom is -0.373 e. The van der Waals surface area contributed by atoms with Gasteiger partial charge in [-0.25, -0.2) is 9.37 Å². The Hall–Kier alpha value is -3.37. The maximum absolute atomic E-state index is 13.9. The summed E-state index contributed by atoms with van der Waals surface area (Å²) in [5.74, 6) is -0.545. The Morgan fingerprint density at radius 3 is 2.49 bits per heavy atom. The molecule has 2 aromatic carbocycles. The zero-order valence-corrected chi connectivity index (χ0v) is 29.7. The van der Waals surface area contributed by atoms with Crippen LogP contribution >= 0.6 is 50.7 Å². The van der Waals surface area contributed by atoms with Crippen molar-refractivity contribution in [2.45, 2.75) is 51.2 Å². The van der Waals surface area contributed by atoms with Crippen LogP contribution in [0.4, 0.5) is 21.5 Å². The molecule has 4 aromatic rings. The molecule has 47 heavy (non-hydrogen) atoms. The number of hydrogen-bond donors (Lipinski definition) is 4. The van der Waals surface area contributed by atoms with Gasteiger partial charge in [-0.1, -0.05) is 34.8 Å². The Bertz CT molecular complexity index is 1900. The molecule has 6 rings (SSSR count). The Kier molecular flexibility index (Phi) is 9.72. The van der Waals surface area contributed by atoms with Gasteiger partial charge in [-0.15, -0.1) is 5.53 Å². The van der Waals surface area contributed by atoms with Crippen molar-refractivity contribution in [3.8, 4) is 6.07 Å². The summed E-state index contributed by atoms with van der Waals surface area (Å²) in [4.78, 5) is 11.4. The number of fused-ring (bicyclic) bond motifs is 1. The fraction of sp³-hybridized carbons (Fsp3) is 0.303. The van der Waals surface area contributed by atoms with Crippen LogP contribution in [0.25, 0.3) is 10.9 Å². The van der Waals surface area contributed by atoms with Gasteiger partial charge in [0, 0.05) is 70.1 Å². The molecule has 0 aliphatic carbocycles. The molecule has 14 heteroatoms. The number of aromatic nitrogens is 2. The molecule has 0 saturated carbocycles. The third-order valence-electron chi connectivity index (χ3n) is 8.41. The van der Waals surface area contributed by atoms with Crippen LogP contribution in [-0.4, -0.2) is 44.5 Å². The van der Waals surface area contributed by atoms with E-state index in [9.17, 15) is 9.65 Å². The van der Waals surface area contributed by atoms with Gasteiger partial charge in [-0.05, 0) is 85.9 Å². The number of pyridine rings is 2. The van der Waals surface area contributed by atoms with E-state index in [-0.39, 0.29) is 16.1 Å². The number of nitrogens with zero attached hydrogens (tertiary/aromatic N) is 5. The minimum atomic E-state index is -0.545. The third kappa shape index (κ3) is 7.23. The van der Waals surface area contributed by atoms with Gasteiger partial charge >= 0.3 is 0 Å². The van der Waals surface area contributed by atoms with Gasteiger partial charge in [0.15, 0.2) is 0 Å². The first-order chi connectivity index (χ1) is 22.4. The highest BCUT2D eigenvalue weighted by molar-refractivity contribution is 9.10. The second-order valence-corrected chi connectivity index (χ2v) is 14.6. The lowest BCUT2D eigenvalue weighted by Gasteiger charge is -2.42. The SMILES string of the molecule is CC(C)(C)N1CCC(N2C=C([C@@H](Nc3cc(Cl)c4ncc(C#N)c(Nc5ccc(F)c(Cl)c5)c4c3)c3cc(Br)cnc3Cl)NN2)CC1. The first kappa shape index (κ1) is 33.5. The highest BCUT2D eigenvalue weighted by Crippen LogP contribution is 2.39. The smallest absolute Gasteiger partial charge is 0.141 e. The largest absolute Gasteiger partial charge is 0.373 e. The average molecular weight is 760 g/mol. The number of rotatable bonds is 7. The first-order valence-corrected chi connectivity index (χ1v) is 16.9. The molecule has 2 aliphatic rings. The van der Waals surface area contributed by atoms with Crippen molar-refractivity contribution in [2.75, 3.05) is 23.7 Å². The number of nitrogens with one attached hydrogen (secondary N) is 4. The molecule has 2 aromatic heterocycles. The minimum absolute atomic E-state index is 0.0469. The average Bonchev–Trinajstić information content (AvgIpc) is 3.53. The first-order valence-electron chi connectivity index (χ1n) is 15.0. The Balaban J connectivity index is 1.37. The molecular formula is C33H32BrCl3FN9. The lowest BCUT2D eigenvalue weighted by Crippen LogP contribution is -2.52. The number of likely N-dealkylation sites (tertiary alicyclic amines) is 1. The number of halogens is 5. The number of benzene rings is 2. The molecule has 0 amide bonds. The van der Waals surface area contributed by atoms with Crippen LogP contribution in [0.3, 0.4) is 0 Å². The fourth-order valence-electron chi connectivity index (χ4n) is 5.91. The predicted molar refractivity (Wildman–Crippen MR) is 190 cm³/mol. The molecule has 0 bridgehead atoms. The molecule has 4 heterocycles. The lowest BCUT2D eigenvalue weighted by atomic mass is 9.98. The Morgan fingerprint density at radius 2 is 1.79 bits per heavy atom. The van der Waals surface area contributed by atoms with Crippen molar-refractivity contribution in [3.63, 3.8) is 0 Å². The molecule has 0 spiro atoms. The second kappa shape index (κ2) is 13.6. The monoisotopic (exact) mass is 757 g/mol. The van der Waals surface area contributed by atoms with E-state index in [0.29, 0.717) is 44.2 Å². The molecule has 1 fully saturated rings. The summed E-state index contributed by atoms with van der Waals surface area (Å²) in [5.41, 5.74) is 10.7. The topological polar surface area (TPSA) is 104 Å². The summed E-state index contributed by atoms with van der Waals surface area (Å²) in [7, 11) is 0. The summed E-state index contributed by atoms with van der Waals surface area (Å²) in [6.45, 7) is 8.77. The van der Waals surface area contributed by atoms with E-state index >= 15 is 0 Å². The highest BCUT2D eigenvalue weighted by atomic mass is 79.9. The van der Waals surface area contributed by atoms with Gasteiger partial charge in [-0.3, -0.25) is 14.9 Å². The molecular weight excluding hydrogens is 728 g/mol. The molecule has 1 saturated heterocycles. The van der Waals surface area contributed by atoms with Crippen molar-refractivity contribution in [1.29, 1.82) is 5.26 Å². The molecule has 1 atom stereocenters. The molecule has 2 aliphatic heterocycles. The van der Waals surface area contributed by atoms with E-state index in [2.05, 4.69) is 90.4 Å². The van der Waals surface area contributed by atoms with Crippen LogP contribution in [0.2, 0.25) is 15.2 Å². The zero-order chi connectivity index (χ0) is 33.5. The highest BCUT2D eigenvalue weighted by Gasteiger charge is 2.32. The van der Waals surface area contributed by atoms with Crippen LogP contribution in [-0.2, 0) is 0 Å². The van der Waals surface area contributed by atoms with Crippen LogP contribution in [0, 0.1) is 17.1 Å².